The zero-order valence-corrected chi connectivity index (χ0v) is 7.13. The van der Waals surface area contributed by atoms with Gasteiger partial charge in [0.25, 0.3) is 0 Å². The molecule has 0 bridgehead atoms. The van der Waals surface area contributed by atoms with Crippen LogP contribution in [0.4, 0.5) is 0 Å². The molecule has 0 aromatic heterocycles. The third kappa shape index (κ3) is 0.943. The molecule has 0 aliphatic heterocycles. The van der Waals surface area contributed by atoms with E-state index in [0.717, 1.165) is 18.8 Å². The van der Waals surface area contributed by atoms with E-state index in [0.29, 0.717) is 17.1 Å². The lowest BCUT2D eigenvalue weighted by Gasteiger charge is -2.01. The Balaban J connectivity index is 2.17. The second-order valence-corrected chi connectivity index (χ2v) is 4.32. The number of carbonyl (C=O) groups is 1. The predicted molar refractivity (Wildman–Crippen MR) is 44.1 cm³/mol. The molecule has 0 spiro atoms. The summed E-state index contributed by atoms with van der Waals surface area (Å²) < 4.78 is 0. The molecule has 1 fully saturated rings. The molecule has 1 heteroatoms. The normalized spacial score (nSPS) is 39.6. The number of hydrogen-bond acceptors (Lipinski definition) is 1. The predicted octanol–water partition coefficient (Wildman–Crippen LogP) is 2.18. The first kappa shape index (κ1) is 7.08. The van der Waals surface area contributed by atoms with Crippen LogP contribution in [0, 0.1) is 17.3 Å². The van der Waals surface area contributed by atoms with Crippen molar-refractivity contribution < 1.29 is 4.79 Å². The van der Waals surface area contributed by atoms with E-state index >= 15 is 0 Å². The molecule has 1 saturated carbocycles. The molecule has 0 N–H and O–H groups in total. The van der Waals surface area contributed by atoms with Crippen LogP contribution in [-0.2, 0) is 4.79 Å². The van der Waals surface area contributed by atoms with Crippen LogP contribution in [0.5, 0.6) is 0 Å². The fourth-order valence-electron chi connectivity index (χ4n) is 2.31. The number of hydrogen-bond donors (Lipinski definition) is 0. The lowest BCUT2D eigenvalue weighted by Crippen LogP contribution is -1.97. The molecule has 0 aromatic rings. The van der Waals surface area contributed by atoms with Crippen LogP contribution < -0.4 is 0 Å². The number of carbonyl (C=O) groups excluding carboxylic acids is 1. The summed E-state index contributed by atoms with van der Waals surface area (Å²) in [4.78, 5) is 11.0. The van der Waals surface area contributed by atoms with Gasteiger partial charge in [-0.25, -0.2) is 0 Å². The van der Waals surface area contributed by atoms with Crippen LogP contribution in [0.1, 0.15) is 26.7 Å². The Morgan fingerprint density at radius 2 is 2.27 bits per heavy atom. The Morgan fingerprint density at radius 1 is 1.55 bits per heavy atom. The van der Waals surface area contributed by atoms with Crippen LogP contribution in [0.15, 0.2) is 12.2 Å². The highest BCUT2D eigenvalue weighted by Gasteiger charge is 2.55. The van der Waals surface area contributed by atoms with Gasteiger partial charge in [0, 0.05) is 6.42 Å². The van der Waals surface area contributed by atoms with Crippen LogP contribution in [0.2, 0.25) is 0 Å². The van der Waals surface area contributed by atoms with Gasteiger partial charge in [0.1, 0.15) is 0 Å². The molecule has 0 amide bonds. The highest BCUT2D eigenvalue weighted by molar-refractivity contribution is 5.90. The number of allylic oxidation sites excluding steroid dienone is 2. The first-order valence-electron chi connectivity index (χ1n) is 4.33. The monoisotopic (exact) mass is 150 g/mol. The Bertz CT molecular complexity index is 225. The first-order chi connectivity index (χ1) is 5.12. The molecular weight excluding hydrogens is 136 g/mol. The molecule has 2 rings (SSSR count). The first-order valence-corrected chi connectivity index (χ1v) is 4.33. The molecule has 0 radical (unpaired) electrons. The van der Waals surface area contributed by atoms with Gasteiger partial charge in [0.05, 0.1) is 0 Å². The van der Waals surface area contributed by atoms with Crippen molar-refractivity contribution in [1.29, 1.82) is 0 Å². The number of fused-ring (bicyclic) bond motifs is 1. The smallest absolute Gasteiger partial charge is 0.155 e. The summed E-state index contributed by atoms with van der Waals surface area (Å²) >= 11 is 0. The highest BCUT2D eigenvalue weighted by atomic mass is 16.1. The van der Waals surface area contributed by atoms with Crippen molar-refractivity contribution in [3.05, 3.63) is 12.2 Å². The molecule has 0 heterocycles. The van der Waals surface area contributed by atoms with E-state index in [1.807, 2.05) is 0 Å². The second-order valence-electron chi connectivity index (χ2n) is 4.32. The molecule has 11 heavy (non-hydrogen) atoms. The Labute approximate surface area is 67.5 Å². The van der Waals surface area contributed by atoms with Crippen LogP contribution in [0.3, 0.4) is 0 Å². The molecule has 0 saturated heterocycles. The topological polar surface area (TPSA) is 17.1 Å². The largest absolute Gasteiger partial charge is 0.295 e. The van der Waals surface area contributed by atoms with E-state index in [9.17, 15) is 4.79 Å². The zero-order valence-electron chi connectivity index (χ0n) is 7.13. The molecular formula is C10H14O. The SMILES string of the molecule is CC1(C)C2C=CC(=O)CCC21. The maximum Gasteiger partial charge on any atom is 0.155 e. The number of rotatable bonds is 0. The van der Waals surface area contributed by atoms with Crippen molar-refractivity contribution in [2.24, 2.45) is 17.3 Å². The minimum Gasteiger partial charge on any atom is -0.295 e. The lowest BCUT2D eigenvalue weighted by molar-refractivity contribution is -0.114. The maximum absolute atomic E-state index is 11.0. The van der Waals surface area contributed by atoms with Crippen molar-refractivity contribution in [2.75, 3.05) is 0 Å². The Kier molecular flexibility index (Phi) is 1.26. The molecule has 2 unspecified atom stereocenters. The van der Waals surface area contributed by atoms with Gasteiger partial charge in [0.15, 0.2) is 5.78 Å². The van der Waals surface area contributed by atoms with E-state index in [1.54, 1.807) is 6.08 Å². The van der Waals surface area contributed by atoms with Crippen molar-refractivity contribution >= 4 is 5.78 Å². The molecule has 2 aliphatic carbocycles. The van der Waals surface area contributed by atoms with Crippen LogP contribution >= 0.6 is 0 Å². The minimum absolute atomic E-state index is 0.313. The third-order valence-corrected chi connectivity index (χ3v) is 3.33. The van der Waals surface area contributed by atoms with Gasteiger partial charge < -0.3 is 0 Å². The lowest BCUT2D eigenvalue weighted by atomic mass is 10.0. The molecule has 0 aromatic carbocycles. The highest BCUT2D eigenvalue weighted by Crippen LogP contribution is 2.61. The van der Waals surface area contributed by atoms with Gasteiger partial charge in [-0.3, -0.25) is 4.79 Å². The van der Waals surface area contributed by atoms with E-state index in [-0.39, 0.29) is 0 Å². The summed E-state index contributed by atoms with van der Waals surface area (Å²) in [6, 6.07) is 0. The van der Waals surface area contributed by atoms with Crippen molar-refractivity contribution in [1.82, 2.24) is 0 Å². The average molecular weight is 150 g/mol. The fourth-order valence-corrected chi connectivity index (χ4v) is 2.31. The van der Waals surface area contributed by atoms with Gasteiger partial charge in [-0.2, -0.15) is 0 Å². The summed E-state index contributed by atoms with van der Waals surface area (Å²) in [6.45, 7) is 4.59. The van der Waals surface area contributed by atoms with Gasteiger partial charge in [-0.15, -0.1) is 0 Å². The van der Waals surface area contributed by atoms with E-state index in [4.69, 9.17) is 0 Å². The van der Waals surface area contributed by atoms with Gasteiger partial charge in [-0.1, -0.05) is 19.9 Å². The van der Waals surface area contributed by atoms with Gasteiger partial charge in [-0.05, 0) is 29.7 Å². The van der Waals surface area contributed by atoms with Gasteiger partial charge in [0.2, 0.25) is 0 Å². The summed E-state index contributed by atoms with van der Waals surface area (Å²) in [5.41, 5.74) is 0.483. The Hall–Kier alpha value is -0.590. The zero-order chi connectivity index (χ0) is 8.06. The van der Waals surface area contributed by atoms with E-state index in [2.05, 4.69) is 19.9 Å². The second kappa shape index (κ2) is 1.96. The molecule has 1 nitrogen and oxygen atoms in total. The van der Waals surface area contributed by atoms with E-state index < -0.39 is 0 Å². The Morgan fingerprint density at radius 3 is 3.00 bits per heavy atom. The van der Waals surface area contributed by atoms with Crippen LogP contribution in [-0.4, -0.2) is 5.78 Å². The van der Waals surface area contributed by atoms with E-state index in [1.165, 1.54) is 0 Å². The summed E-state index contributed by atoms with van der Waals surface area (Å²) in [7, 11) is 0. The standard InChI is InChI=1S/C10H14O/c1-10(2)8-5-3-7(11)4-6-9(8)10/h3,5,8-9H,4,6H2,1-2H3. The van der Waals surface area contributed by atoms with Gasteiger partial charge >= 0.3 is 0 Å². The van der Waals surface area contributed by atoms with Crippen molar-refractivity contribution in [3.63, 3.8) is 0 Å². The summed E-state index contributed by atoms with van der Waals surface area (Å²) in [6.07, 6.45) is 5.75. The minimum atomic E-state index is 0.313. The van der Waals surface area contributed by atoms with Crippen molar-refractivity contribution in [3.8, 4) is 0 Å². The quantitative estimate of drug-likeness (QED) is 0.517. The summed E-state index contributed by atoms with van der Waals surface area (Å²) in [5.74, 6) is 1.78. The number of ketones is 1. The summed E-state index contributed by atoms with van der Waals surface area (Å²) in [5, 5.41) is 0. The maximum atomic E-state index is 11.0. The fraction of sp³-hybridized carbons (Fsp3) is 0.700. The molecule has 2 aliphatic rings. The average Bonchev–Trinajstić information content (AvgIpc) is 2.51. The van der Waals surface area contributed by atoms with Crippen LogP contribution in [0.25, 0.3) is 0 Å². The third-order valence-electron chi connectivity index (χ3n) is 3.33. The molecule has 60 valence electrons. The van der Waals surface area contributed by atoms with Crippen molar-refractivity contribution in [2.45, 2.75) is 26.7 Å². The molecule has 2 atom stereocenters.